The van der Waals surface area contributed by atoms with E-state index in [2.05, 4.69) is 24.0 Å². The number of carbonyl (C=O) groups is 1. The molecule has 98 valence electrons. The summed E-state index contributed by atoms with van der Waals surface area (Å²) >= 11 is 1.58. The fourth-order valence-electron chi connectivity index (χ4n) is 1.05. The number of thioether (sulfide) groups is 1. The zero-order chi connectivity index (χ0) is 13.3. The zero-order valence-electron chi connectivity index (χ0n) is 10.6. The summed E-state index contributed by atoms with van der Waals surface area (Å²) < 4.78 is 4.16. The molecule has 0 bridgehead atoms. The fourth-order valence-corrected chi connectivity index (χ4v) is 1.54. The summed E-state index contributed by atoms with van der Waals surface area (Å²) in [7, 11) is 2.02. The predicted molar refractivity (Wildman–Crippen MR) is 67.3 cm³/mol. The van der Waals surface area contributed by atoms with Crippen LogP contribution in [0.5, 0.6) is 0 Å². The Kier molecular flexibility index (Phi) is 8.53. The number of nitrogens with zero attached hydrogens (tertiary/aromatic N) is 2. The van der Waals surface area contributed by atoms with Crippen LogP contribution in [0.1, 0.15) is 13.3 Å². The molecule has 0 aliphatic heterocycles. The van der Waals surface area contributed by atoms with Gasteiger partial charge in [-0.05, 0) is 25.4 Å². The Bertz CT molecular complexity index is 328. The van der Waals surface area contributed by atoms with E-state index in [-0.39, 0.29) is 0 Å². The number of aromatic nitrogens is 2. The number of imidazole rings is 1. The van der Waals surface area contributed by atoms with E-state index in [1.54, 1.807) is 11.8 Å². The summed E-state index contributed by atoms with van der Waals surface area (Å²) in [5.74, 6) is -0.390. The molecule has 0 unspecified atom stereocenters. The summed E-state index contributed by atoms with van der Waals surface area (Å²) in [6.07, 6.45) is 8.54. The van der Waals surface area contributed by atoms with Gasteiger partial charge in [0.25, 0.3) is 0 Å². The monoisotopic (exact) mass is 259 g/mol. The van der Waals surface area contributed by atoms with Crippen LogP contribution < -0.4 is 15.4 Å². The number of rotatable bonds is 5. The fraction of sp³-hybridized carbons (Fsp3) is 0.636. The summed E-state index contributed by atoms with van der Waals surface area (Å²) in [5.41, 5.74) is 5.13. The SMILES string of the molecule is CCn1cc[n+](C)c1.CSCC[C@H](N)C(=O)[O-]. The Hall–Kier alpha value is -1.01. The maximum absolute atomic E-state index is 9.96. The smallest absolute Gasteiger partial charge is 0.243 e. The van der Waals surface area contributed by atoms with Crippen LogP contribution in [0.4, 0.5) is 0 Å². The van der Waals surface area contributed by atoms with E-state index < -0.39 is 12.0 Å². The van der Waals surface area contributed by atoms with E-state index >= 15 is 0 Å². The van der Waals surface area contributed by atoms with Crippen molar-refractivity contribution in [3.63, 3.8) is 0 Å². The molecule has 0 aliphatic rings. The van der Waals surface area contributed by atoms with Crippen LogP contribution in [0.25, 0.3) is 0 Å². The first kappa shape index (κ1) is 16.0. The first-order valence-corrected chi connectivity index (χ1v) is 6.87. The van der Waals surface area contributed by atoms with Crippen molar-refractivity contribution in [2.24, 2.45) is 12.8 Å². The molecule has 5 nitrogen and oxygen atoms in total. The van der Waals surface area contributed by atoms with E-state index in [0.717, 1.165) is 12.3 Å². The third-order valence-corrected chi connectivity index (χ3v) is 2.77. The molecule has 0 radical (unpaired) electrons. The van der Waals surface area contributed by atoms with Crippen LogP contribution in [-0.4, -0.2) is 28.6 Å². The molecule has 6 heteroatoms. The van der Waals surface area contributed by atoms with Crippen molar-refractivity contribution in [1.82, 2.24) is 4.57 Å². The summed E-state index contributed by atoms with van der Waals surface area (Å²) in [4.78, 5) is 9.96. The second-order valence-corrected chi connectivity index (χ2v) is 4.60. The normalized spacial score (nSPS) is 11.5. The quantitative estimate of drug-likeness (QED) is 0.699. The zero-order valence-corrected chi connectivity index (χ0v) is 11.4. The highest BCUT2D eigenvalue weighted by Gasteiger charge is 2.00. The van der Waals surface area contributed by atoms with Gasteiger partial charge in [-0.25, -0.2) is 9.13 Å². The molecule has 1 heterocycles. The third-order valence-electron chi connectivity index (χ3n) is 2.12. The Morgan fingerprint density at radius 1 is 1.65 bits per heavy atom. The van der Waals surface area contributed by atoms with Gasteiger partial charge in [0.1, 0.15) is 12.4 Å². The van der Waals surface area contributed by atoms with E-state index in [0.29, 0.717) is 6.42 Å². The first-order chi connectivity index (χ1) is 8.01. The van der Waals surface area contributed by atoms with Crippen molar-refractivity contribution in [2.75, 3.05) is 12.0 Å². The molecular formula is C11H21N3O2S. The van der Waals surface area contributed by atoms with Crippen molar-refractivity contribution in [1.29, 1.82) is 0 Å². The van der Waals surface area contributed by atoms with Gasteiger partial charge >= 0.3 is 0 Å². The second kappa shape index (κ2) is 9.07. The van der Waals surface area contributed by atoms with Crippen LogP contribution in [-0.2, 0) is 18.4 Å². The van der Waals surface area contributed by atoms with Gasteiger partial charge in [-0.1, -0.05) is 0 Å². The number of aliphatic carboxylic acids is 1. The van der Waals surface area contributed by atoms with Gasteiger partial charge in [0.2, 0.25) is 6.33 Å². The van der Waals surface area contributed by atoms with Crippen molar-refractivity contribution < 1.29 is 14.5 Å². The van der Waals surface area contributed by atoms with Crippen LogP contribution in [0, 0.1) is 0 Å². The lowest BCUT2D eigenvalue weighted by molar-refractivity contribution is -0.671. The second-order valence-electron chi connectivity index (χ2n) is 3.62. The van der Waals surface area contributed by atoms with E-state index in [9.17, 15) is 9.90 Å². The van der Waals surface area contributed by atoms with E-state index in [4.69, 9.17) is 5.73 Å². The molecule has 17 heavy (non-hydrogen) atoms. The molecule has 1 aromatic heterocycles. The van der Waals surface area contributed by atoms with Crippen molar-refractivity contribution in [2.45, 2.75) is 25.9 Å². The number of carboxylic acids is 1. The molecule has 0 aromatic carbocycles. The Morgan fingerprint density at radius 2 is 2.29 bits per heavy atom. The summed E-state index contributed by atoms with van der Waals surface area (Å²) in [5, 5.41) is 9.96. The molecule has 1 atom stereocenters. The molecule has 1 rings (SSSR count). The molecular weight excluding hydrogens is 238 g/mol. The van der Waals surface area contributed by atoms with Gasteiger partial charge in [0.15, 0.2) is 0 Å². The molecule has 0 saturated heterocycles. The van der Waals surface area contributed by atoms with Gasteiger partial charge in [0, 0.05) is 6.04 Å². The molecule has 1 aromatic rings. The minimum absolute atomic E-state index is 0.490. The number of carboxylic acid groups (broad SMARTS) is 1. The molecule has 2 N–H and O–H groups in total. The highest BCUT2D eigenvalue weighted by Crippen LogP contribution is 1.96. The molecule has 0 aliphatic carbocycles. The van der Waals surface area contributed by atoms with E-state index in [1.807, 2.05) is 24.1 Å². The van der Waals surface area contributed by atoms with Gasteiger partial charge in [-0.15, -0.1) is 0 Å². The first-order valence-electron chi connectivity index (χ1n) is 5.47. The molecule has 0 fully saturated rings. The Labute approximate surface area is 107 Å². The van der Waals surface area contributed by atoms with Gasteiger partial charge in [-0.3, -0.25) is 0 Å². The topological polar surface area (TPSA) is 75.0 Å². The average Bonchev–Trinajstić information content (AvgIpc) is 2.72. The third kappa shape index (κ3) is 7.82. The maximum atomic E-state index is 9.96. The standard InChI is InChI=1S/C6H11N2.C5H11NO2S/c1-3-8-5-4-7(2)6-8;1-9-3-2-4(6)5(7)8/h4-6H,3H2,1-2H3;4H,2-3,6H2,1H3,(H,7,8)/q+1;/p-1/t;4-/m.0/s1. The number of carbonyl (C=O) groups excluding carboxylic acids is 1. The number of nitrogens with two attached hydrogens (primary N) is 1. The van der Waals surface area contributed by atoms with Crippen molar-refractivity contribution in [3.05, 3.63) is 18.7 Å². The average molecular weight is 259 g/mol. The largest absolute Gasteiger partial charge is 0.548 e. The van der Waals surface area contributed by atoms with Gasteiger partial charge in [0.05, 0.1) is 19.6 Å². The lowest BCUT2D eigenvalue weighted by atomic mass is 10.2. The maximum Gasteiger partial charge on any atom is 0.243 e. The minimum atomic E-state index is -1.16. The minimum Gasteiger partial charge on any atom is -0.548 e. The van der Waals surface area contributed by atoms with Crippen LogP contribution >= 0.6 is 11.8 Å². The lowest BCUT2D eigenvalue weighted by Crippen LogP contribution is -2.42. The number of hydrogen-bond acceptors (Lipinski definition) is 4. The lowest BCUT2D eigenvalue weighted by Gasteiger charge is -2.10. The summed E-state index contributed by atoms with van der Waals surface area (Å²) in [6.45, 7) is 3.18. The van der Waals surface area contributed by atoms with Crippen molar-refractivity contribution in [3.8, 4) is 0 Å². The van der Waals surface area contributed by atoms with Gasteiger partial charge in [-0.2, -0.15) is 11.8 Å². The molecule has 0 spiro atoms. The highest BCUT2D eigenvalue weighted by molar-refractivity contribution is 7.98. The highest BCUT2D eigenvalue weighted by atomic mass is 32.2. The Morgan fingerprint density at radius 3 is 2.59 bits per heavy atom. The number of hydrogen-bond donors (Lipinski definition) is 1. The van der Waals surface area contributed by atoms with Crippen LogP contribution in [0.3, 0.4) is 0 Å². The van der Waals surface area contributed by atoms with Crippen LogP contribution in [0.2, 0.25) is 0 Å². The predicted octanol–water partition coefficient (Wildman–Crippen LogP) is -0.851. The van der Waals surface area contributed by atoms with Gasteiger partial charge < -0.3 is 15.6 Å². The molecule has 0 saturated carbocycles. The van der Waals surface area contributed by atoms with Crippen molar-refractivity contribution >= 4 is 17.7 Å². The number of aryl methyl sites for hydroxylation is 2. The van der Waals surface area contributed by atoms with Crippen LogP contribution in [0.15, 0.2) is 18.7 Å². The summed E-state index contributed by atoms with van der Waals surface area (Å²) in [6, 6.07) is -0.794. The van der Waals surface area contributed by atoms with E-state index in [1.165, 1.54) is 0 Å². The Balaban J connectivity index is 0.000000302. The molecule has 0 amide bonds.